The number of fused-ring (bicyclic) bond motifs is 3. The molecule has 0 atom stereocenters. The van der Waals surface area contributed by atoms with Gasteiger partial charge in [-0.3, -0.25) is 9.48 Å². The minimum atomic E-state index is 0.0105. The highest BCUT2D eigenvalue weighted by atomic mass is 16.5. The van der Waals surface area contributed by atoms with Crippen molar-refractivity contribution in [2.24, 2.45) is 0 Å². The first-order chi connectivity index (χ1) is 12.3. The minimum absolute atomic E-state index is 0.0105. The van der Waals surface area contributed by atoms with Gasteiger partial charge in [0.15, 0.2) is 0 Å². The fraction of sp³-hybridized carbons (Fsp3) is 0.474. The van der Waals surface area contributed by atoms with Crippen LogP contribution in [0.2, 0.25) is 0 Å². The third kappa shape index (κ3) is 3.54. The van der Waals surface area contributed by atoms with E-state index in [4.69, 9.17) is 4.74 Å². The lowest BCUT2D eigenvalue weighted by atomic mass is 10.0. The Labute approximate surface area is 147 Å². The molecule has 2 aliphatic rings. The standard InChI is InChI=1S/C19H24N4O2/c24-18(20-8-5-11-22-9-3-4-10-22)13-23-19-15(12-21-23)14-25-17-7-2-1-6-16(17)19/h1-2,6-7,12H,3-5,8-11,13-14H2,(H,20,24). The zero-order valence-corrected chi connectivity index (χ0v) is 14.4. The van der Waals surface area contributed by atoms with Crippen LogP contribution in [0.1, 0.15) is 24.8 Å². The number of nitrogens with one attached hydrogen (secondary N) is 1. The van der Waals surface area contributed by atoms with E-state index in [1.165, 1.54) is 25.9 Å². The number of para-hydroxylation sites is 1. The number of carbonyl (C=O) groups excluding carboxylic acids is 1. The number of amides is 1. The van der Waals surface area contributed by atoms with E-state index in [2.05, 4.69) is 15.3 Å². The number of hydrogen-bond donors (Lipinski definition) is 1. The second-order valence-electron chi connectivity index (χ2n) is 6.71. The molecular formula is C19H24N4O2. The molecule has 1 aromatic carbocycles. The van der Waals surface area contributed by atoms with Crippen molar-refractivity contribution in [2.45, 2.75) is 32.4 Å². The molecule has 1 saturated heterocycles. The van der Waals surface area contributed by atoms with Crippen molar-refractivity contribution in [1.29, 1.82) is 0 Å². The van der Waals surface area contributed by atoms with Gasteiger partial charge in [0.25, 0.3) is 0 Å². The van der Waals surface area contributed by atoms with Crippen LogP contribution in [0.3, 0.4) is 0 Å². The van der Waals surface area contributed by atoms with E-state index >= 15 is 0 Å². The fourth-order valence-corrected chi connectivity index (χ4v) is 3.63. The molecule has 4 rings (SSSR count). The zero-order chi connectivity index (χ0) is 17.1. The Morgan fingerprint density at radius 1 is 1.24 bits per heavy atom. The van der Waals surface area contributed by atoms with Crippen molar-refractivity contribution < 1.29 is 9.53 Å². The van der Waals surface area contributed by atoms with Crippen LogP contribution in [0.25, 0.3) is 11.3 Å². The van der Waals surface area contributed by atoms with Crippen molar-refractivity contribution in [3.05, 3.63) is 36.0 Å². The molecule has 0 aliphatic carbocycles. The molecule has 3 heterocycles. The van der Waals surface area contributed by atoms with Crippen LogP contribution in [0, 0.1) is 0 Å². The molecule has 0 spiro atoms. The molecule has 1 amide bonds. The number of ether oxygens (including phenoxy) is 1. The third-order valence-corrected chi connectivity index (χ3v) is 4.91. The second-order valence-corrected chi connectivity index (χ2v) is 6.71. The Hall–Kier alpha value is -2.34. The lowest BCUT2D eigenvalue weighted by Crippen LogP contribution is -2.31. The quantitative estimate of drug-likeness (QED) is 0.818. The van der Waals surface area contributed by atoms with Gasteiger partial charge in [0.1, 0.15) is 18.9 Å². The number of likely N-dealkylation sites (tertiary alicyclic amines) is 1. The van der Waals surface area contributed by atoms with Gasteiger partial charge in [0, 0.05) is 17.7 Å². The molecule has 2 aromatic rings. The van der Waals surface area contributed by atoms with Crippen LogP contribution in [0.4, 0.5) is 0 Å². The van der Waals surface area contributed by atoms with Gasteiger partial charge >= 0.3 is 0 Å². The molecule has 132 valence electrons. The Morgan fingerprint density at radius 3 is 2.96 bits per heavy atom. The number of carbonyl (C=O) groups is 1. The van der Waals surface area contributed by atoms with E-state index in [0.29, 0.717) is 6.61 Å². The number of benzene rings is 1. The summed E-state index contributed by atoms with van der Waals surface area (Å²) in [5, 5.41) is 7.41. The number of hydrogen-bond acceptors (Lipinski definition) is 4. The van der Waals surface area contributed by atoms with E-state index in [0.717, 1.165) is 42.1 Å². The van der Waals surface area contributed by atoms with Gasteiger partial charge in [0.05, 0.1) is 11.9 Å². The third-order valence-electron chi connectivity index (χ3n) is 4.91. The van der Waals surface area contributed by atoms with E-state index in [9.17, 15) is 4.79 Å². The Balaban J connectivity index is 1.34. The summed E-state index contributed by atoms with van der Waals surface area (Å²) in [5.74, 6) is 0.860. The lowest BCUT2D eigenvalue weighted by Gasteiger charge is -2.19. The number of rotatable bonds is 6. The SMILES string of the molecule is O=C(Cn1ncc2c1-c1ccccc1OC2)NCCCN1CCCC1. The van der Waals surface area contributed by atoms with E-state index in [-0.39, 0.29) is 12.5 Å². The summed E-state index contributed by atoms with van der Waals surface area (Å²) in [6, 6.07) is 7.90. The molecule has 6 nitrogen and oxygen atoms in total. The first kappa shape index (κ1) is 16.1. The molecule has 1 N–H and O–H groups in total. The van der Waals surface area contributed by atoms with Gasteiger partial charge in [-0.15, -0.1) is 0 Å². The molecule has 2 aliphatic heterocycles. The highest BCUT2D eigenvalue weighted by Gasteiger charge is 2.22. The minimum Gasteiger partial charge on any atom is -0.488 e. The van der Waals surface area contributed by atoms with Gasteiger partial charge in [0.2, 0.25) is 5.91 Å². The highest BCUT2D eigenvalue weighted by molar-refractivity contribution is 5.78. The van der Waals surface area contributed by atoms with Crippen molar-refractivity contribution in [2.75, 3.05) is 26.2 Å². The summed E-state index contributed by atoms with van der Waals surface area (Å²) >= 11 is 0. The first-order valence-corrected chi connectivity index (χ1v) is 9.07. The van der Waals surface area contributed by atoms with Crippen molar-refractivity contribution >= 4 is 5.91 Å². The van der Waals surface area contributed by atoms with E-state index in [1.54, 1.807) is 10.9 Å². The first-order valence-electron chi connectivity index (χ1n) is 9.07. The predicted molar refractivity (Wildman–Crippen MR) is 95.3 cm³/mol. The molecule has 1 fully saturated rings. The highest BCUT2D eigenvalue weighted by Crippen LogP contribution is 2.36. The summed E-state index contributed by atoms with van der Waals surface area (Å²) in [4.78, 5) is 14.8. The zero-order valence-electron chi connectivity index (χ0n) is 14.4. The average molecular weight is 340 g/mol. The molecule has 25 heavy (non-hydrogen) atoms. The van der Waals surface area contributed by atoms with Crippen LogP contribution in [0.15, 0.2) is 30.5 Å². The maximum absolute atomic E-state index is 12.3. The van der Waals surface area contributed by atoms with Crippen LogP contribution in [-0.4, -0.2) is 46.8 Å². The number of aromatic nitrogens is 2. The summed E-state index contributed by atoms with van der Waals surface area (Å²) in [7, 11) is 0. The molecule has 0 radical (unpaired) electrons. The maximum Gasteiger partial charge on any atom is 0.241 e. The van der Waals surface area contributed by atoms with Gasteiger partial charge < -0.3 is 15.0 Å². The van der Waals surface area contributed by atoms with Crippen LogP contribution >= 0.6 is 0 Å². The predicted octanol–water partition coefficient (Wildman–Crippen LogP) is 2.04. The lowest BCUT2D eigenvalue weighted by molar-refractivity contribution is -0.121. The van der Waals surface area contributed by atoms with Crippen molar-refractivity contribution in [3.8, 4) is 17.0 Å². The van der Waals surface area contributed by atoms with Crippen LogP contribution in [-0.2, 0) is 17.9 Å². The number of nitrogens with zero attached hydrogens (tertiary/aromatic N) is 3. The largest absolute Gasteiger partial charge is 0.488 e. The summed E-state index contributed by atoms with van der Waals surface area (Å²) in [6.07, 6.45) is 5.41. The Morgan fingerprint density at radius 2 is 2.08 bits per heavy atom. The van der Waals surface area contributed by atoms with Gasteiger partial charge in [-0.05, 0) is 51.0 Å². The normalized spacial score (nSPS) is 16.2. The molecule has 0 bridgehead atoms. The van der Waals surface area contributed by atoms with Gasteiger partial charge in [-0.2, -0.15) is 5.10 Å². The topological polar surface area (TPSA) is 59.4 Å². The Bertz CT molecular complexity index is 750. The van der Waals surface area contributed by atoms with Gasteiger partial charge in [-0.1, -0.05) is 12.1 Å². The van der Waals surface area contributed by atoms with Crippen molar-refractivity contribution in [1.82, 2.24) is 20.0 Å². The molecule has 0 unspecified atom stereocenters. The van der Waals surface area contributed by atoms with E-state index in [1.807, 2.05) is 24.3 Å². The molecule has 6 heteroatoms. The maximum atomic E-state index is 12.3. The monoisotopic (exact) mass is 340 g/mol. The molecule has 1 aromatic heterocycles. The summed E-state index contributed by atoms with van der Waals surface area (Å²) in [5.41, 5.74) is 3.03. The van der Waals surface area contributed by atoms with Crippen LogP contribution in [0.5, 0.6) is 5.75 Å². The van der Waals surface area contributed by atoms with E-state index < -0.39 is 0 Å². The molecular weight excluding hydrogens is 316 g/mol. The van der Waals surface area contributed by atoms with Gasteiger partial charge in [-0.25, -0.2) is 0 Å². The average Bonchev–Trinajstić information content (AvgIpc) is 3.29. The Kier molecular flexibility index (Phi) is 4.70. The summed E-state index contributed by atoms with van der Waals surface area (Å²) in [6.45, 7) is 4.95. The fourth-order valence-electron chi connectivity index (χ4n) is 3.63. The molecule has 0 saturated carbocycles. The van der Waals surface area contributed by atoms with Crippen LogP contribution < -0.4 is 10.1 Å². The van der Waals surface area contributed by atoms with Crippen molar-refractivity contribution in [3.63, 3.8) is 0 Å². The second kappa shape index (κ2) is 7.27. The summed E-state index contributed by atoms with van der Waals surface area (Å²) < 4.78 is 7.52. The smallest absolute Gasteiger partial charge is 0.241 e.